The second-order valence-electron chi connectivity index (χ2n) is 3.50. The first-order valence-corrected chi connectivity index (χ1v) is 5.29. The molecule has 82 valence electrons. The van der Waals surface area contributed by atoms with Crippen LogP contribution in [0.2, 0.25) is 0 Å². The highest BCUT2D eigenvalue weighted by Gasteiger charge is 1.99. The Morgan fingerprint density at radius 2 is 2.06 bits per heavy atom. The highest BCUT2D eigenvalue weighted by atomic mass is 15.3. The number of rotatable bonds is 3. The Morgan fingerprint density at radius 1 is 1.25 bits per heavy atom. The van der Waals surface area contributed by atoms with Gasteiger partial charge in [0.1, 0.15) is 0 Å². The summed E-state index contributed by atoms with van der Waals surface area (Å²) in [4.78, 5) is 4.13. The Morgan fingerprint density at radius 3 is 2.81 bits per heavy atom. The minimum absolute atomic E-state index is 0.644. The highest BCUT2D eigenvalue weighted by molar-refractivity contribution is 5.44. The molecule has 1 heterocycles. The van der Waals surface area contributed by atoms with Crippen LogP contribution in [0, 0.1) is 6.92 Å². The zero-order valence-corrected chi connectivity index (χ0v) is 9.46. The maximum atomic E-state index is 4.20. The fraction of sp³-hybridized carbons (Fsp3) is 0.250. The highest BCUT2D eigenvalue weighted by Crippen LogP contribution is 2.20. The summed E-state index contributed by atoms with van der Waals surface area (Å²) in [6.45, 7) is 4.91. The van der Waals surface area contributed by atoms with Crippen molar-refractivity contribution in [3.63, 3.8) is 0 Å². The molecule has 0 fully saturated rings. The van der Waals surface area contributed by atoms with Crippen LogP contribution in [0.1, 0.15) is 12.5 Å². The van der Waals surface area contributed by atoms with Crippen molar-refractivity contribution in [3.05, 3.63) is 42.2 Å². The summed E-state index contributed by atoms with van der Waals surface area (Å²) in [6.07, 6.45) is 3.63. The van der Waals surface area contributed by atoms with Gasteiger partial charge in [0.05, 0.1) is 5.69 Å². The van der Waals surface area contributed by atoms with Gasteiger partial charge in [0.25, 0.3) is 0 Å². The molecule has 0 atom stereocenters. The van der Waals surface area contributed by atoms with Crippen molar-refractivity contribution >= 4 is 11.6 Å². The molecular formula is C12H14N4. The molecule has 0 unspecified atom stereocenters. The van der Waals surface area contributed by atoms with Crippen molar-refractivity contribution in [2.45, 2.75) is 20.4 Å². The van der Waals surface area contributed by atoms with Gasteiger partial charge in [0.2, 0.25) is 5.95 Å². The largest absolute Gasteiger partial charge is 0.315 e. The number of imidazole rings is 1. The minimum atomic E-state index is 0.644. The van der Waals surface area contributed by atoms with Gasteiger partial charge in [-0.05, 0) is 25.5 Å². The molecule has 1 aromatic carbocycles. The van der Waals surface area contributed by atoms with Crippen molar-refractivity contribution in [3.8, 4) is 0 Å². The van der Waals surface area contributed by atoms with Crippen molar-refractivity contribution in [1.29, 1.82) is 0 Å². The van der Waals surface area contributed by atoms with Crippen LogP contribution in [-0.4, -0.2) is 9.55 Å². The van der Waals surface area contributed by atoms with Crippen molar-refractivity contribution in [1.82, 2.24) is 9.55 Å². The summed E-state index contributed by atoms with van der Waals surface area (Å²) in [5.74, 6) is 0.644. The van der Waals surface area contributed by atoms with Gasteiger partial charge >= 0.3 is 0 Å². The van der Waals surface area contributed by atoms with Gasteiger partial charge in [-0.2, -0.15) is 0 Å². The molecule has 4 nitrogen and oxygen atoms in total. The zero-order valence-electron chi connectivity index (χ0n) is 9.46. The number of hydrogen-bond donors (Lipinski definition) is 0. The van der Waals surface area contributed by atoms with Crippen LogP contribution in [0.5, 0.6) is 0 Å². The summed E-state index contributed by atoms with van der Waals surface area (Å²) in [5, 5.41) is 8.34. The van der Waals surface area contributed by atoms with E-state index in [-0.39, 0.29) is 0 Å². The van der Waals surface area contributed by atoms with E-state index >= 15 is 0 Å². The van der Waals surface area contributed by atoms with E-state index in [1.165, 1.54) is 0 Å². The lowest BCUT2D eigenvalue weighted by atomic mass is 10.2. The maximum Gasteiger partial charge on any atom is 0.249 e. The number of nitrogens with zero attached hydrogens (tertiary/aromatic N) is 4. The molecule has 2 rings (SSSR count). The Balaban J connectivity index is 2.25. The molecule has 0 N–H and O–H groups in total. The van der Waals surface area contributed by atoms with Crippen LogP contribution in [0.15, 0.2) is 46.9 Å². The van der Waals surface area contributed by atoms with Crippen LogP contribution in [-0.2, 0) is 6.54 Å². The zero-order chi connectivity index (χ0) is 11.4. The summed E-state index contributed by atoms with van der Waals surface area (Å²) < 4.78 is 1.95. The monoisotopic (exact) mass is 214 g/mol. The lowest BCUT2D eigenvalue weighted by Crippen LogP contribution is -1.89. The normalized spacial score (nSPS) is 11.1. The van der Waals surface area contributed by atoms with Gasteiger partial charge in [-0.15, -0.1) is 10.2 Å². The predicted molar refractivity (Wildman–Crippen MR) is 63.3 cm³/mol. The van der Waals surface area contributed by atoms with Gasteiger partial charge in [-0.3, -0.25) is 0 Å². The number of aromatic nitrogens is 2. The van der Waals surface area contributed by atoms with Crippen LogP contribution in [0.25, 0.3) is 0 Å². The molecule has 0 saturated heterocycles. The third kappa shape index (κ3) is 2.16. The van der Waals surface area contributed by atoms with E-state index in [1.807, 2.05) is 42.0 Å². The molecule has 1 aromatic heterocycles. The van der Waals surface area contributed by atoms with E-state index in [4.69, 9.17) is 0 Å². The third-order valence-corrected chi connectivity index (χ3v) is 2.40. The molecule has 16 heavy (non-hydrogen) atoms. The molecule has 0 aliphatic rings. The lowest BCUT2D eigenvalue weighted by Gasteiger charge is -1.98. The Hall–Kier alpha value is -1.97. The second-order valence-corrected chi connectivity index (χ2v) is 3.50. The van der Waals surface area contributed by atoms with Gasteiger partial charge in [-0.25, -0.2) is 4.98 Å². The van der Waals surface area contributed by atoms with Crippen molar-refractivity contribution in [2.24, 2.45) is 10.2 Å². The fourth-order valence-electron chi connectivity index (χ4n) is 1.43. The topological polar surface area (TPSA) is 42.5 Å². The maximum absolute atomic E-state index is 4.20. The summed E-state index contributed by atoms with van der Waals surface area (Å²) >= 11 is 0. The average Bonchev–Trinajstić information content (AvgIpc) is 2.75. The standard InChI is InChI=1S/C12H14N4/c1-3-16-9-8-13-12(16)15-14-11-7-5-4-6-10(11)2/h4-9H,3H2,1-2H3. The van der Waals surface area contributed by atoms with Crippen molar-refractivity contribution < 1.29 is 0 Å². The van der Waals surface area contributed by atoms with E-state index in [1.54, 1.807) is 6.20 Å². The molecular weight excluding hydrogens is 200 g/mol. The Bertz CT molecular complexity index is 499. The first-order valence-electron chi connectivity index (χ1n) is 5.29. The van der Waals surface area contributed by atoms with E-state index in [0.717, 1.165) is 17.8 Å². The van der Waals surface area contributed by atoms with Crippen LogP contribution >= 0.6 is 0 Å². The summed E-state index contributed by atoms with van der Waals surface area (Å²) in [5.41, 5.74) is 1.99. The first-order chi connectivity index (χ1) is 7.81. The van der Waals surface area contributed by atoms with Crippen LogP contribution in [0.3, 0.4) is 0 Å². The average molecular weight is 214 g/mol. The number of hydrogen-bond acceptors (Lipinski definition) is 3. The summed E-state index contributed by atoms with van der Waals surface area (Å²) in [7, 11) is 0. The van der Waals surface area contributed by atoms with E-state index in [2.05, 4.69) is 22.1 Å². The van der Waals surface area contributed by atoms with Gasteiger partial charge < -0.3 is 4.57 Å². The van der Waals surface area contributed by atoms with Gasteiger partial charge in [0, 0.05) is 18.9 Å². The van der Waals surface area contributed by atoms with E-state index in [0.29, 0.717) is 5.95 Å². The van der Waals surface area contributed by atoms with Crippen LogP contribution < -0.4 is 0 Å². The molecule has 0 aliphatic carbocycles. The Kier molecular flexibility index (Phi) is 3.10. The molecule has 0 aliphatic heterocycles. The molecule has 0 radical (unpaired) electrons. The smallest absolute Gasteiger partial charge is 0.249 e. The number of benzene rings is 1. The molecule has 2 aromatic rings. The van der Waals surface area contributed by atoms with Gasteiger partial charge in [-0.1, -0.05) is 18.2 Å². The molecule has 0 amide bonds. The SMILES string of the molecule is CCn1ccnc1N=Nc1ccccc1C. The van der Waals surface area contributed by atoms with Crippen molar-refractivity contribution in [2.75, 3.05) is 0 Å². The van der Waals surface area contributed by atoms with Crippen LogP contribution in [0.4, 0.5) is 11.6 Å². The first kappa shape index (κ1) is 10.5. The summed E-state index contributed by atoms with van der Waals surface area (Å²) in [6, 6.07) is 7.90. The Labute approximate surface area is 94.7 Å². The third-order valence-electron chi connectivity index (χ3n) is 2.40. The second kappa shape index (κ2) is 4.70. The molecule has 0 saturated carbocycles. The van der Waals surface area contributed by atoms with Gasteiger partial charge in [0.15, 0.2) is 0 Å². The van der Waals surface area contributed by atoms with E-state index < -0.39 is 0 Å². The molecule has 4 heteroatoms. The number of azo groups is 1. The predicted octanol–water partition coefficient (Wildman–Crippen LogP) is 3.63. The fourth-order valence-corrected chi connectivity index (χ4v) is 1.43. The number of aryl methyl sites for hydroxylation is 2. The molecule has 0 bridgehead atoms. The lowest BCUT2D eigenvalue weighted by molar-refractivity contribution is 0.758. The minimum Gasteiger partial charge on any atom is -0.315 e. The molecule has 0 spiro atoms. The van der Waals surface area contributed by atoms with E-state index in [9.17, 15) is 0 Å². The quantitative estimate of drug-likeness (QED) is 0.719.